The first-order chi connectivity index (χ1) is 21.7. The number of halogens is 1. The van der Waals surface area contributed by atoms with Crippen molar-refractivity contribution in [2.45, 2.75) is 58.9 Å². The number of amides is 2. The van der Waals surface area contributed by atoms with Gasteiger partial charge >= 0.3 is 0 Å². The highest BCUT2D eigenvalue weighted by Gasteiger charge is 2.32. The molecule has 1 unspecified atom stereocenters. The van der Waals surface area contributed by atoms with Gasteiger partial charge in [-0.2, -0.15) is 0 Å². The minimum Gasteiger partial charge on any atom is -0.356 e. The molecule has 11 heteroatoms. The van der Waals surface area contributed by atoms with Crippen LogP contribution in [-0.2, 0) is 9.59 Å². The van der Waals surface area contributed by atoms with Gasteiger partial charge in [-0.25, -0.2) is 0 Å². The standard InChI is InChI=1S/C34H36ClN7O2S/c1-21-22(2)45-34-31(21)32(25-13-15-26(35)16-14-25)39-28(33-41-40-23(3)42(33)34)20-30(44)37-18-6-4-5-12-29(43)38-27-11-7-9-24(19-27)10-8-17-36/h7,9,11,13-16,19,28H,4-6,12,17-18,20,36H2,1-3H3,(H,37,44)(H,38,43). The van der Waals surface area contributed by atoms with Crippen LogP contribution < -0.4 is 16.4 Å². The minimum absolute atomic E-state index is 0.0518. The number of carbonyl (C=O) groups excluding carboxylic acids is 2. The Balaban J connectivity index is 1.18. The molecule has 9 nitrogen and oxygen atoms in total. The van der Waals surface area contributed by atoms with E-state index in [1.54, 1.807) is 11.3 Å². The van der Waals surface area contributed by atoms with Crippen LogP contribution in [-0.4, -0.2) is 45.4 Å². The van der Waals surface area contributed by atoms with Crippen LogP contribution in [0.15, 0.2) is 53.5 Å². The fourth-order valence-electron chi connectivity index (χ4n) is 5.25. The van der Waals surface area contributed by atoms with Crippen molar-refractivity contribution in [1.82, 2.24) is 20.1 Å². The Morgan fingerprint density at radius 3 is 2.62 bits per heavy atom. The number of aliphatic imine (C=N–C) groups is 1. The zero-order valence-electron chi connectivity index (χ0n) is 25.6. The summed E-state index contributed by atoms with van der Waals surface area (Å²) in [6.45, 7) is 6.92. The Labute approximate surface area is 272 Å². The van der Waals surface area contributed by atoms with Gasteiger partial charge in [0, 0.05) is 45.2 Å². The summed E-state index contributed by atoms with van der Waals surface area (Å²) in [6.07, 6.45) is 2.83. The van der Waals surface area contributed by atoms with Crippen molar-refractivity contribution < 1.29 is 9.59 Å². The van der Waals surface area contributed by atoms with Crippen molar-refractivity contribution in [2.24, 2.45) is 10.7 Å². The smallest absolute Gasteiger partial charge is 0.224 e. The number of aryl methyl sites for hydroxylation is 2. The summed E-state index contributed by atoms with van der Waals surface area (Å²) in [4.78, 5) is 31.9. The van der Waals surface area contributed by atoms with Gasteiger partial charge < -0.3 is 16.4 Å². The number of nitrogens with one attached hydrogen (secondary N) is 2. The number of nitrogens with zero attached hydrogens (tertiary/aromatic N) is 4. The van der Waals surface area contributed by atoms with E-state index in [2.05, 4.69) is 46.5 Å². The molecule has 0 radical (unpaired) electrons. The summed E-state index contributed by atoms with van der Waals surface area (Å²) in [5.74, 6) is 7.02. The topological polar surface area (TPSA) is 127 Å². The van der Waals surface area contributed by atoms with Gasteiger partial charge in [-0.05, 0) is 69.5 Å². The average Bonchev–Trinajstić information content (AvgIpc) is 3.50. The molecular formula is C34H36ClN7O2S. The first-order valence-electron chi connectivity index (χ1n) is 15.0. The summed E-state index contributed by atoms with van der Waals surface area (Å²) in [5.41, 5.74) is 10.9. The SMILES string of the molecule is Cc1sc2c(c1C)C(c1ccc(Cl)cc1)=NC(CC(=O)NCCCCCC(=O)Nc1cccc(C#CCN)c1)c1nnc(C)n1-2. The third-order valence-corrected chi connectivity index (χ3v) is 9.06. The largest absolute Gasteiger partial charge is 0.356 e. The average molecular weight is 642 g/mol. The molecule has 0 spiro atoms. The Kier molecular flexibility index (Phi) is 10.5. The highest BCUT2D eigenvalue weighted by Crippen LogP contribution is 2.39. The van der Waals surface area contributed by atoms with Gasteiger partial charge in [0.25, 0.3) is 0 Å². The zero-order valence-corrected chi connectivity index (χ0v) is 27.2. The number of thiophene rings is 1. The van der Waals surface area contributed by atoms with E-state index in [1.165, 1.54) is 4.88 Å². The van der Waals surface area contributed by atoms with Gasteiger partial charge in [0.2, 0.25) is 11.8 Å². The molecule has 2 aromatic heterocycles. The van der Waals surface area contributed by atoms with Crippen LogP contribution in [0.25, 0.3) is 5.00 Å². The predicted octanol–water partition coefficient (Wildman–Crippen LogP) is 5.82. The third kappa shape index (κ3) is 7.68. The van der Waals surface area contributed by atoms with E-state index in [0.29, 0.717) is 29.5 Å². The molecule has 0 saturated carbocycles. The lowest BCUT2D eigenvalue weighted by molar-refractivity contribution is -0.121. The third-order valence-electron chi connectivity index (χ3n) is 7.62. The molecule has 5 rings (SSSR count). The van der Waals surface area contributed by atoms with Crippen molar-refractivity contribution >= 4 is 46.2 Å². The lowest BCUT2D eigenvalue weighted by Gasteiger charge is -2.13. The lowest BCUT2D eigenvalue weighted by atomic mass is 9.99. The van der Waals surface area contributed by atoms with Crippen LogP contribution in [0.2, 0.25) is 5.02 Å². The van der Waals surface area contributed by atoms with Crippen LogP contribution >= 0.6 is 22.9 Å². The maximum absolute atomic E-state index is 13.2. The quantitative estimate of drug-likeness (QED) is 0.149. The van der Waals surface area contributed by atoms with E-state index < -0.39 is 6.04 Å². The van der Waals surface area contributed by atoms with Gasteiger partial charge in [0.15, 0.2) is 5.82 Å². The number of nitrogens with two attached hydrogens (primary N) is 1. The van der Waals surface area contributed by atoms with E-state index in [4.69, 9.17) is 22.3 Å². The number of benzene rings is 2. The van der Waals surface area contributed by atoms with Crippen LogP contribution in [0.1, 0.15) is 76.9 Å². The predicted molar refractivity (Wildman–Crippen MR) is 180 cm³/mol. The number of hydrogen-bond acceptors (Lipinski definition) is 7. The summed E-state index contributed by atoms with van der Waals surface area (Å²) in [6, 6.07) is 14.5. The molecule has 232 valence electrons. The van der Waals surface area contributed by atoms with E-state index >= 15 is 0 Å². The van der Waals surface area contributed by atoms with E-state index in [1.807, 2.05) is 60.0 Å². The van der Waals surface area contributed by atoms with Gasteiger partial charge in [0.1, 0.15) is 16.9 Å². The normalized spacial score (nSPS) is 13.5. The Morgan fingerprint density at radius 1 is 1.04 bits per heavy atom. The molecule has 0 bridgehead atoms. The molecular weight excluding hydrogens is 606 g/mol. The highest BCUT2D eigenvalue weighted by atomic mass is 35.5. The number of unbranched alkanes of at least 4 members (excludes halogenated alkanes) is 2. The number of fused-ring (bicyclic) bond motifs is 3. The minimum atomic E-state index is -0.514. The second-order valence-electron chi connectivity index (χ2n) is 10.9. The summed E-state index contributed by atoms with van der Waals surface area (Å²) in [5, 5.41) is 16.4. The monoisotopic (exact) mass is 641 g/mol. The Morgan fingerprint density at radius 2 is 1.84 bits per heavy atom. The van der Waals surface area contributed by atoms with Crippen LogP contribution in [0.5, 0.6) is 0 Å². The van der Waals surface area contributed by atoms with Gasteiger partial charge in [-0.1, -0.05) is 48.1 Å². The second-order valence-corrected chi connectivity index (χ2v) is 12.5. The number of carbonyl (C=O) groups is 2. The summed E-state index contributed by atoms with van der Waals surface area (Å²) in [7, 11) is 0. The molecule has 0 aliphatic carbocycles. The van der Waals surface area contributed by atoms with Crippen molar-refractivity contribution in [2.75, 3.05) is 18.4 Å². The molecule has 4 aromatic rings. The van der Waals surface area contributed by atoms with Gasteiger partial charge in [-0.3, -0.25) is 19.1 Å². The molecule has 4 N–H and O–H groups in total. The number of rotatable bonds is 10. The first kappa shape index (κ1) is 32.1. The van der Waals surface area contributed by atoms with Gasteiger partial charge in [-0.15, -0.1) is 21.5 Å². The van der Waals surface area contributed by atoms with E-state index in [0.717, 1.165) is 58.1 Å². The fraction of sp³-hybridized carbons (Fsp3) is 0.324. The second kappa shape index (κ2) is 14.7. The number of hydrogen-bond donors (Lipinski definition) is 3. The molecule has 1 aliphatic heterocycles. The van der Waals surface area contributed by atoms with Crippen LogP contribution in [0.4, 0.5) is 5.69 Å². The maximum Gasteiger partial charge on any atom is 0.224 e. The maximum atomic E-state index is 13.2. The van der Waals surface area contributed by atoms with Crippen molar-refractivity contribution in [3.63, 3.8) is 0 Å². The van der Waals surface area contributed by atoms with Crippen LogP contribution in [0, 0.1) is 32.6 Å². The molecule has 0 saturated heterocycles. The zero-order chi connectivity index (χ0) is 31.9. The molecule has 1 atom stereocenters. The van der Waals surface area contributed by atoms with Crippen molar-refractivity contribution in [3.05, 3.63) is 92.3 Å². The molecule has 2 aromatic carbocycles. The lowest BCUT2D eigenvalue weighted by Crippen LogP contribution is -2.26. The van der Waals surface area contributed by atoms with Crippen molar-refractivity contribution in [3.8, 4) is 16.8 Å². The molecule has 2 amide bonds. The fourth-order valence-corrected chi connectivity index (χ4v) is 6.59. The molecule has 3 heterocycles. The highest BCUT2D eigenvalue weighted by molar-refractivity contribution is 7.15. The van der Waals surface area contributed by atoms with Crippen LogP contribution in [0.3, 0.4) is 0 Å². The molecule has 1 aliphatic rings. The molecule has 0 fully saturated rings. The Hall–Kier alpha value is -4.30. The number of anilines is 1. The Bertz CT molecular complexity index is 1800. The van der Waals surface area contributed by atoms with Gasteiger partial charge in [0.05, 0.1) is 18.7 Å². The number of aromatic nitrogens is 3. The summed E-state index contributed by atoms with van der Waals surface area (Å²) >= 11 is 7.88. The summed E-state index contributed by atoms with van der Waals surface area (Å²) < 4.78 is 2.04. The first-order valence-corrected chi connectivity index (χ1v) is 16.2. The van der Waals surface area contributed by atoms with E-state index in [9.17, 15) is 9.59 Å². The molecule has 45 heavy (non-hydrogen) atoms. The van der Waals surface area contributed by atoms with E-state index in [-0.39, 0.29) is 24.8 Å². The van der Waals surface area contributed by atoms with Crippen molar-refractivity contribution in [1.29, 1.82) is 0 Å².